The van der Waals surface area contributed by atoms with Gasteiger partial charge in [-0.05, 0) is 92.6 Å². The molecule has 4 aromatic rings. The molecule has 306 valence electrons. The van der Waals surface area contributed by atoms with E-state index in [0.29, 0.717) is 36.6 Å². The summed E-state index contributed by atoms with van der Waals surface area (Å²) in [6, 6.07) is 20.7. The van der Waals surface area contributed by atoms with E-state index in [4.69, 9.17) is 25.8 Å². The van der Waals surface area contributed by atoms with Crippen LogP contribution in [0.15, 0.2) is 78.9 Å². The Morgan fingerprint density at radius 2 is 1.55 bits per heavy atom. The number of aromatic nitrogens is 3. The van der Waals surface area contributed by atoms with Gasteiger partial charge in [0.15, 0.2) is 6.61 Å². The molecule has 58 heavy (non-hydrogen) atoms. The number of hydrogen-bond donors (Lipinski definition) is 4. The van der Waals surface area contributed by atoms with Gasteiger partial charge in [0.1, 0.15) is 11.8 Å². The molecule has 0 radical (unpaired) electrons. The Morgan fingerprint density at radius 3 is 2.19 bits per heavy atom. The molecular formula is C40H41ClF3N7O7. The SMILES string of the molecule is COC(=O)[C@@H](CCNC(=O)C(=O)CCC1(COc2ccccc2)CC1)NC(=O)c1ccc(Nc2nc(NC3(c4ccc(Cl)cc4)CC3)nc(OCC(F)(F)F)n2)cc1. The van der Waals surface area contributed by atoms with Crippen LogP contribution in [-0.4, -0.2) is 77.6 Å². The zero-order chi connectivity index (χ0) is 41.3. The van der Waals surface area contributed by atoms with Gasteiger partial charge in [-0.25, -0.2) is 4.79 Å². The summed E-state index contributed by atoms with van der Waals surface area (Å²) >= 11 is 6.04. The Hall–Kier alpha value is -5.97. The fourth-order valence-electron chi connectivity index (χ4n) is 6.06. The summed E-state index contributed by atoms with van der Waals surface area (Å²) in [4.78, 5) is 63.2. The van der Waals surface area contributed by atoms with Crippen LogP contribution in [0.1, 0.15) is 60.9 Å². The van der Waals surface area contributed by atoms with Crippen molar-refractivity contribution in [2.24, 2.45) is 5.41 Å². The third-order valence-electron chi connectivity index (χ3n) is 9.77. The molecule has 1 aromatic heterocycles. The van der Waals surface area contributed by atoms with Gasteiger partial charge in [0, 0.05) is 34.7 Å². The number of anilines is 3. The first kappa shape index (κ1) is 41.7. The van der Waals surface area contributed by atoms with Gasteiger partial charge < -0.3 is 35.5 Å². The molecule has 0 unspecified atom stereocenters. The zero-order valence-corrected chi connectivity index (χ0v) is 32.1. The Labute approximate surface area is 336 Å². The van der Waals surface area contributed by atoms with Gasteiger partial charge in [-0.2, -0.15) is 28.1 Å². The number of ether oxygens (including phenoxy) is 3. The van der Waals surface area contributed by atoms with Gasteiger partial charge in [-0.1, -0.05) is 41.9 Å². The van der Waals surface area contributed by atoms with Crippen molar-refractivity contribution in [2.75, 3.05) is 37.5 Å². The smallest absolute Gasteiger partial charge is 0.422 e. The predicted octanol–water partition coefficient (Wildman–Crippen LogP) is 6.30. The van der Waals surface area contributed by atoms with E-state index in [2.05, 4.69) is 36.2 Å². The maximum absolute atomic E-state index is 13.1. The van der Waals surface area contributed by atoms with E-state index in [0.717, 1.165) is 31.3 Å². The summed E-state index contributed by atoms with van der Waals surface area (Å²) in [5.74, 6) is -2.17. The Bertz CT molecular complexity index is 2080. The number of halogens is 4. The molecule has 3 aromatic carbocycles. The van der Waals surface area contributed by atoms with Crippen LogP contribution in [0.4, 0.5) is 30.8 Å². The maximum atomic E-state index is 13.1. The minimum atomic E-state index is -4.63. The predicted molar refractivity (Wildman–Crippen MR) is 206 cm³/mol. The van der Waals surface area contributed by atoms with Gasteiger partial charge in [-0.3, -0.25) is 14.4 Å². The van der Waals surface area contributed by atoms with Gasteiger partial charge in [-0.15, -0.1) is 0 Å². The van der Waals surface area contributed by atoms with Crippen molar-refractivity contribution in [2.45, 2.75) is 62.7 Å². The van der Waals surface area contributed by atoms with Crippen molar-refractivity contribution in [3.63, 3.8) is 0 Å². The van der Waals surface area contributed by atoms with Crippen LogP contribution in [0.5, 0.6) is 11.8 Å². The van der Waals surface area contributed by atoms with E-state index in [1.807, 2.05) is 42.5 Å². The van der Waals surface area contributed by atoms with E-state index in [9.17, 15) is 32.3 Å². The largest absolute Gasteiger partial charge is 0.493 e. The van der Waals surface area contributed by atoms with Crippen LogP contribution < -0.4 is 30.7 Å². The summed E-state index contributed by atoms with van der Waals surface area (Å²) < 4.78 is 54.5. The van der Waals surface area contributed by atoms with E-state index < -0.39 is 53.9 Å². The number of Topliss-reactive ketones (excluding diaryl/α,β-unsaturated/α-hetero) is 1. The highest BCUT2D eigenvalue weighted by molar-refractivity contribution is 6.36. The minimum absolute atomic E-state index is 0.0242. The fraction of sp³-hybridized carbons (Fsp3) is 0.375. The number of rotatable bonds is 20. The van der Waals surface area contributed by atoms with Crippen LogP contribution >= 0.6 is 11.6 Å². The average molecular weight is 824 g/mol. The van der Waals surface area contributed by atoms with Crippen molar-refractivity contribution < 1.29 is 46.6 Å². The number of carbonyl (C=O) groups excluding carboxylic acids is 4. The highest BCUT2D eigenvalue weighted by Gasteiger charge is 2.45. The number of hydrogen-bond acceptors (Lipinski definition) is 12. The van der Waals surface area contributed by atoms with Gasteiger partial charge in [0.25, 0.3) is 11.8 Å². The third-order valence-corrected chi connectivity index (χ3v) is 10.0. The average Bonchev–Trinajstić information content (AvgIpc) is 4.16. The number of carbonyl (C=O) groups is 4. The highest BCUT2D eigenvalue weighted by atomic mass is 35.5. The van der Waals surface area contributed by atoms with Gasteiger partial charge >= 0.3 is 18.2 Å². The first-order valence-electron chi connectivity index (χ1n) is 18.5. The second-order valence-electron chi connectivity index (χ2n) is 14.2. The molecule has 1 heterocycles. The van der Waals surface area contributed by atoms with E-state index in [1.54, 1.807) is 12.1 Å². The number of methoxy groups -OCH3 is 1. The quantitative estimate of drug-likeness (QED) is 0.0578. The summed E-state index contributed by atoms with van der Waals surface area (Å²) in [6.45, 7) is -1.25. The molecule has 0 spiro atoms. The summed E-state index contributed by atoms with van der Waals surface area (Å²) in [7, 11) is 1.16. The lowest BCUT2D eigenvalue weighted by molar-refractivity contribution is -0.154. The minimum Gasteiger partial charge on any atom is -0.493 e. The number of esters is 1. The molecule has 4 N–H and O–H groups in total. The maximum Gasteiger partial charge on any atom is 0.422 e. The first-order valence-corrected chi connectivity index (χ1v) is 18.9. The van der Waals surface area contributed by atoms with Crippen LogP contribution in [0.3, 0.4) is 0 Å². The topological polar surface area (TPSA) is 183 Å². The van der Waals surface area contributed by atoms with Crippen molar-refractivity contribution in [1.82, 2.24) is 25.6 Å². The molecule has 2 aliphatic rings. The molecule has 0 saturated heterocycles. The zero-order valence-electron chi connectivity index (χ0n) is 31.4. The monoisotopic (exact) mass is 823 g/mol. The molecule has 2 saturated carbocycles. The van der Waals surface area contributed by atoms with Crippen LogP contribution in [-0.2, 0) is 24.7 Å². The highest BCUT2D eigenvalue weighted by Crippen LogP contribution is 2.50. The van der Waals surface area contributed by atoms with E-state index in [-0.39, 0.29) is 42.3 Å². The molecule has 2 fully saturated rings. The molecular weight excluding hydrogens is 783 g/mol. The molecule has 6 rings (SSSR count). The van der Waals surface area contributed by atoms with Crippen molar-refractivity contribution in [1.29, 1.82) is 0 Å². The standard InChI is InChI=1S/C40H41ClF3N7O7/c1-56-34(55)30(16-22-45-33(54)31(52)15-17-38(18-19-38)23-57-29-5-3-2-4-6-29)47-32(53)25-7-13-28(14-8-25)46-35-48-36(50-37(49-35)58-24-40(42,43)44)51-39(20-21-39)26-9-11-27(41)12-10-26/h2-14,30H,15-24H2,1H3,(H,45,54)(H,47,53)(H2,46,48,49,50,51)/t30-/m1/s1. The van der Waals surface area contributed by atoms with E-state index in [1.165, 1.54) is 24.3 Å². The molecule has 2 amide bonds. The van der Waals surface area contributed by atoms with Gasteiger partial charge in [0.2, 0.25) is 17.7 Å². The fourth-order valence-corrected chi connectivity index (χ4v) is 6.18. The number of ketones is 1. The number of nitrogens with zero attached hydrogens (tertiary/aromatic N) is 3. The molecule has 0 bridgehead atoms. The first-order chi connectivity index (χ1) is 27.7. The van der Waals surface area contributed by atoms with Crippen LogP contribution in [0.25, 0.3) is 0 Å². The lowest BCUT2D eigenvalue weighted by atomic mass is 9.99. The summed E-state index contributed by atoms with van der Waals surface area (Å²) in [5.41, 5.74) is 0.719. The normalized spacial score (nSPS) is 15.3. The van der Waals surface area contributed by atoms with Gasteiger partial charge in [0.05, 0.1) is 19.3 Å². The van der Waals surface area contributed by atoms with Crippen LogP contribution in [0.2, 0.25) is 5.02 Å². The number of amides is 2. The molecule has 14 nitrogen and oxygen atoms in total. The second-order valence-corrected chi connectivity index (χ2v) is 14.6. The molecule has 2 aliphatic carbocycles. The lowest BCUT2D eigenvalue weighted by Crippen LogP contribution is -2.44. The lowest BCUT2D eigenvalue weighted by Gasteiger charge is -2.19. The van der Waals surface area contributed by atoms with Crippen molar-refractivity contribution in [3.05, 3.63) is 95.0 Å². The van der Waals surface area contributed by atoms with Crippen LogP contribution in [0, 0.1) is 5.41 Å². The number of benzene rings is 3. The second kappa shape index (κ2) is 18.1. The summed E-state index contributed by atoms with van der Waals surface area (Å²) in [6.07, 6.45) is -0.891. The van der Waals surface area contributed by atoms with E-state index >= 15 is 0 Å². The molecule has 1 atom stereocenters. The number of alkyl halides is 3. The third kappa shape index (κ3) is 11.8. The molecule has 18 heteroatoms. The summed E-state index contributed by atoms with van der Waals surface area (Å²) in [5, 5.41) is 11.7. The van der Waals surface area contributed by atoms with Crippen molar-refractivity contribution >= 4 is 52.8 Å². The van der Waals surface area contributed by atoms with Crippen molar-refractivity contribution in [3.8, 4) is 11.8 Å². The Balaban J connectivity index is 1.01. The molecule has 0 aliphatic heterocycles. The Kier molecular flexibility index (Phi) is 13.0. The Morgan fingerprint density at radius 1 is 0.862 bits per heavy atom. The number of para-hydroxylation sites is 1. The number of nitrogens with one attached hydrogen (secondary N) is 4.